The number of hydrogen-bond donors (Lipinski definition) is 4. The van der Waals surface area contributed by atoms with E-state index >= 15 is 0 Å². The topological polar surface area (TPSA) is 193 Å². The Hall–Kier alpha value is -3.29. The number of aliphatic hydroxyl groups is 1. The van der Waals surface area contributed by atoms with Crippen molar-refractivity contribution < 1.29 is 33.0 Å². The van der Waals surface area contributed by atoms with Gasteiger partial charge in [-0.1, -0.05) is 25.1 Å². The Bertz CT molecular complexity index is 1380. The van der Waals surface area contributed by atoms with Crippen LogP contribution in [0, 0.1) is 5.92 Å². The summed E-state index contributed by atoms with van der Waals surface area (Å²) in [4.78, 5) is 35.0. The van der Waals surface area contributed by atoms with E-state index in [4.69, 9.17) is 24.3 Å². The number of ether oxygens (including phenoxy) is 2. The van der Waals surface area contributed by atoms with Gasteiger partial charge in [0.05, 0.1) is 25.1 Å². The maximum atomic E-state index is 13.7. The number of para-hydroxylation sites is 1. The third-order valence-corrected chi connectivity index (χ3v) is 7.53. The lowest BCUT2D eigenvalue weighted by molar-refractivity contribution is -0.149. The SMILES string of the molecule is CC(C)OC(=O)[C@@H](C)NP(=O)(OC[C@H]1O[C@@H](n2cnc3c(=O)[nH]c(N)nc32)[C@H](O)[C@@H]1C)Oc1ccccc1. The van der Waals surface area contributed by atoms with E-state index in [0.717, 1.165) is 0 Å². The average Bonchev–Trinajstić information content (AvgIpc) is 3.39. The molecular weight excluding hydrogens is 519 g/mol. The number of nitrogen functional groups attached to an aromatic ring is 1. The van der Waals surface area contributed by atoms with Crippen LogP contribution >= 0.6 is 7.75 Å². The summed E-state index contributed by atoms with van der Waals surface area (Å²) in [5.74, 6) is -0.981. The van der Waals surface area contributed by atoms with Gasteiger partial charge in [0, 0.05) is 5.92 Å². The highest BCUT2D eigenvalue weighted by Crippen LogP contribution is 2.46. The first-order valence-corrected chi connectivity index (χ1v) is 13.5. The Labute approximate surface area is 218 Å². The van der Waals surface area contributed by atoms with Crippen LogP contribution < -0.4 is 20.9 Å². The Morgan fingerprint density at radius 3 is 2.71 bits per heavy atom. The maximum absolute atomic E-state index is 13.7. The van der Waals surface area contributed by atoms with Crippen LogP contribution in [-0.4, -0.2) is 61.6 Å². The number of imidazole rings is 1. The molecule has 0 amide bonds. The lowest BCUT2D eigenvalue weighted by Gasteiger charge is -2.25. The number of nitrogens with zero attached hydrogens (tertiary/aromatic N) is 3. The Morgan fingerprint density at radius 2 is 2.03 bits per heavy atom. The molecule has 206 valence electrons. The number of nitrogens with two attached hydrogens (primary N) is 1. The fourth-order valence-electron chi connectivity index (χ4n) is 3.92. The molecule has 38 heavy (non-hydrogen) atoms. The summed E-state index contributed by atoms with van der Waals surface area (Å²) in [6.07, 6.45) is -1.82. The van der Waals surface area contributed by atoms with Crippen LogP contribution in [-0.2, 0) is 23.4 Å². The molecule has 2 aromatic heterocycles. The maximum Gasteiger partial charge on any atom is 0.459 e. The minimum atomic E-state index is -4.13. The second-order valence-corrected chi connectivity index (χ2v) is 10.9. The van der Waals surface area contributed by atoms with E-state index in [1.165, 1.54) is 17.8 Å². The highest BCUT2D eigenvalue weighted by molar-refractivity contribution is 7.52. The van der Waals surface area contributed by atoms with Gasteiger partial charge >= 0.3 is 13.7 Å². The highest BCUT2D eigenvalue weighted by Gasteiger charge is 2.44. The first-order chi connectivity index (χ1) is 18.0. The van der Waals surface area contributed by atoms with Gasteiger partial charge in [-0.3, -0.25) is 23.7 Å². The fourth-order valence-corrected chi connectivity index (χ4v) is 5.42. The zero-order valence-electron chi connectivity index (χ0n) is 21.3. The number of fused-ring (bicyclic) bond motifs is 1. The first-order valence-electron chi connectivity index (χ1n) is 12.0. The summed E-state index contributed by atoms with van der Waals surface area (Å²) in [7, 11) is -4.13. The van der Waals surface area contributed by atoms with Crippen LogP contribution in [0.25, 0.3) is 11.2 Å². The highest BCUT2D eigenvalue weighted by atomic mass is 31.2. The summed E-state index contributed by atoms with van der Waals surface area (Å²) in [6, 6.07) is 7.32. The molecule has 0 aliphatic carbocycles. The summed E-state index contributed by atoms with van der Waals surface area (Å²) in [5, 5.41) is 13.5. The molecule has 3 heterocycles. The third kappa shape index (κ3) is 6.05. The fraction of sp³-hybridized carbons (Fsp3) is 0.478. The molecule has 0 radical (unpaired) electrons. The minimum Gasteiger partial charge on any atom is -0.462 e. The van der Waals surface area contributed by atoms with Crippen molar-refractivity contribution in [3.05, 3.63) is 47.0 Å². The monoisotopic (exact) mass is 550 g/mol. The summed E-state index contributed by atoms with van der Waals surface area (Å²) in [6.45, 7) is 6.34. The second-order valence-electron chi connectivity index (χ2n) is 9.22. The van der Waals surface area contributed by atoms with Gasteiger partial charge in [0.25, 0.3) is 5.56 Å². The van der Waals surface area contributed by atoms with Crippen molar-refractivity contribution in [2.24, 2.45) is 5.92 Å². The molecule has 0 bridgehead atoms. The standard InChI is InChI=1S/C23H31N6O8P/c1-12(2)35-22(32)14(4)28-38(33,37-15-8-6-5-7-9-15)34-10-16-13(3)18(30)21(36-16)29-11-25-17-19(29)26-23(24)27-20(17)31/h5-9,11-14,16,18,21,30H,10H2,1-4H3,(H,28,33)(H3,24,26,27,31)/t13-,14-,16-,18-,21-,38?/m1/s1. The van der Waals surface area contributed by atoms with Crippen LogP contribution in [0.15, 0.2) is 41.5 Å². The van der Waals surface area contributed by atoms with E-state index in [1.807, 2.05) is 0 Å². The van der Waals surface area contributed by atoms with Gasteiger partial charge in [-0.05, 0) is 32.9 Å². The number of aromatic amines is 1. The first kappa shape index (κ1) is 27.7. The largest absolute Gasteiger partial charge is 0.462 e. The molecule has 1 aromatic carbocycles. The van der Waals surface area contributed by atoms with Crippen molar-refractivity contribution in [1.29, 1.82) is 0 Å². The van der Waals surface area contributed by atoms with Gasteiger partial charge in [0.2, 0.25) is 5.95 Å². The molecule has 15 heteroatoms. The molecule has 0 spiro atoms. The predicted octanol–water partition coefficient (Wildman–Crippen LogP) is 1.73. The van der Waals surface area contributed by atoms with Crippen molar-refractivity contribution in [3.8, 4) is 5.75 Å². The Kier molecular flexibility index (Phi) is 8.19. The van der Waals surface area contributed by atoms with Crippen molar-refractivity contribution in [1.82, 2.24) is 24.6 Å². The lowest BCUT2D eigenvalue weighted by Crippen LogP contribution is -2.37. The number of anilines is 1. The van der Waals surface area contributed by atoms with Crippen molar-refractivity contribution in [3.63, 3.8) is 0 Å². The zero-order valence-corrected chi connectivity index (χ0v) is 22.2. The molecule has 1 unspecified atom stereocenters. The van der Waals surface area contributed by atoms with E-state index in [2.05, 4.69) is 20.0 Å². The van der Waals surface area contributed by atoms with E-state index in [-0.39, 0.29) is 35.6 Å². The Balaban J connectivity index is 1.52. The quantitative estimate of drug-likeness (QED) is 0.211. The van der Waals surface area contributed by atoms with Crippen molar-refractivity contribution >= 4 is 30.8 Å². The number of hydrogen-bond acceptors (Lipinski definition) is 11. The number of aliphatic hydroxyl groups excluding tert-OH is 1. The average molecular weight is 551 g/mol. The van der Waals surface area contributed by atoms with E-state index < -0.39 is 49.7 Å². The minimum absolute atomic E-state index is 0.0367. The smallest absolute Gasteiger partial charge is 0.459 e. The van der Waals surface area contributed by atoms with E-state index in [0.29, 0.717) is 0 Å². The van der Waals surface area contributed by atoms with E-state index in [1.54, 1.807) is 51.1 Å². The molecule has 5 N–H and O–H groups in total. The number of benzene rings is 1. The molecule has 4 rings (SSSR count). The number of esters is 1. The normalized spacial score (nSPS) is 23.8. The summed E-state index contributed by atoms with van der Waals surface area (Å²) < 4.78 is 37.7. The number of rotatable bonds is 10. The van der Waals surface area contributed by atoms with Gasteiger partial charge in [0.15, 0.2) is 17.4 Å². The van der Waals surface area contributed by atoms with Crippen molar-refractivity contribution in [2.75, 3.05) is 12.3 Å². The molecule has 1 saturated heterocycles. The third-order valence-electron chi connectivity index (χ3n) is 5.89. The molecular formula is C23H31N6O8P. The van der Waals surface area contributed by atoms with Gasteiger partial charge in [0.1, 0.15) is 17.9 Å². The van der Waals surface area contributed by atoms with Crippen LogP contribution in [0.4, 0.5) is 5.95 Å². The van der Waals surface area contributed by atoms with Gasteiger partial charge < -0.3 is 24.8 Å². The number of carbonyl (C=O) groups is 1. The molecule has 0 saturated carbocycles. The van der Waals surface area contributed by atoms with Gasteiger partial charge in [-0.25, -0.2) is 9.55 Å². The second kappa shape index (κ2) is 11.2. The molecule has 1 aliphatic heterocycles. The molecule has 1 aliphatic rings. The molecule has 6 atom stereocenters. The van der Waals surface area contributed by atoms with Crippen LogP contribution in [0.3, 0.4) is 0 Å². The number of H-pyrrole nitrogens is 1. The molecule has 1 fully saturated rings. The van der Waals surface area contributed by atoms with E-state index in [9.17, 15) is 19.3 Å². The van der Waals surface area contributed by atoms with Gasteiger partial charge in [-0.2, -0.15) is 10.1 Å². The predicted molar refractivity (Wildman–Crippen MR) is 136 cm³/mol. The summed E-state index contributed by atoms with van der Waals surface area (Å²) in [5.41, 5.74) is 5.32. The Morgan fingerprint density at radius 1 is 1.32 bits per heavy atom. The zero-order chi connectivity index (χ0) is 27.6. The lowest BCUT2D eigenvalue weighted by atomic mass is 10.0. The summed E-state index contributed by atoms with van der Waals surface area (Å²) >= 11 is 0. The van der Waals surface area contributed by atoms with Crippen LogP contribution in [0.2, 0.25) is 0 Å². The van der Waals surface area contributed by atoms with Crippen LogP contribution in [0.1, 0.15) is 33.9 Å². The number of carbonyl (C=O) groups excluding carboxylic acids is 1. The molecule has 3 aromatic rings. The number of nitrogens with one attached hydrogen (secondary N) is 2. The molecule has 14 nitrogen and oxygen atoms in total. The van der Waals surface area contributed by atoms with Gasteiger partial charge in [-0.15, -0.1) is 0 Å². The van der Waals surface area contributed by atoms with Crippen LogP contribution in [0.5, 0.6) is 5.75 Å². The van der Waals surface area contributed by atoms with Crippen molar-refractivity contribution in [2.45, 2.75) is 58.3 Å². The number of aromatic nitrogens is 4.